The largest absolute Gasteiger partial charge is 0.493 e. The monoisotopic (exact) mass is 307 g/mol. The first-order chi connectivity index (χ1) is 10.4. The lowest BCUT2D eigenvalue weighted by Gasteiger charge is -2.29. The third-order valence-corrected chi connectivity index (χ3v) is 5.42. The molecule has 2 aliphatic heterocycles. The molecule has 1 unspecified atom stereocenters. The smallest absolute Gasteiger partial charge is 0.166 e. The van der Waals surface area contributed by atoms with Gasteiger partial charge in [-0.05, 0) is 49.8 Å². The number of rotatable bonds is 4. The second-order valence-corrected chi connectivity index (χ2v) is 7.04. The number of nitrogens with one attached hydrogen (secondary N) is 1. The normalized spacial score (nSPS) is 23.8. The molecule has 2 fully saturated rings. The van der Waals surface area contributed by atoms with Gasteiger partial charge in [0.05, 0.1) is 7.11 Å². The van der Waals surface area contributed by atoms with Gasteiger partial charge < -0.3 is 14.8 Å². The lowest BCUT2D eigenvalue weighted by atomic mass is 9.96. The summed E-state index contributed by atoms with van der Waals surface area (Å²) in [6, 6.07) is 6.69. The first-order valence-corrected chi connectivity index (χ1v) is 9.18. The first-order valence-electron chi connectivity index (χ1n) is 8.03. The van der Waals surface area contributed by atoms with Crippen molar-refractivity contribution in [2.75, 3.05) is 25.2 Å². The fraction of sp³-hybridized carbons (Fsp3) is 0.647. The maximum Gasteiger partial charge on any atom is 0.166 e. The van der Waals surface area contributed by atoms with Gasteiger partial charge in [-0.1, -0.05) is 18.6 Å². The van der Waals surface area contributed by atoms with E-state index < -0.39 is 0 Å². The summed E-state index contributed by atoms with van der Waals surface area (Å²) in [6.45, 7) is 1.10. The molecule has 0 amide bonds. The van der Waals surface area contributed by atoms with Gasteiger partial charge in [-0.25, -0.2) is 0 Å². The van der Waals surface area contributed by atoms with Crippen LogP contribution in [0.25, 0.3) is 0 Å². The number of hydrogen-bond acceptors (Lipinski definition) is 4. The highest BCUT2D eigenvalue weighted by atomic mass is 32.2. The molecule has 0 radical (unpaired) electrons. The molecule has 116 valence electrons. The van der Waals surface area contributed by atoms with E-state index in [1.54, 1.807) is 7.11 Å². The first kappa shape index (κ1) is 15.0. The van der Waals surface area contributed by atoms with Crippen molar-refractivity contribution in [3.05, 3.63) is 23.8 Å². The zero-order chi connectivity index (χ0) is 14.5. The average Bonchev–Trinajstić information content (AvgIpc) is 2.57. The number of thioether (sulfide) groups is 1. The minimum absolute atomic E-state index is 0.338. The summed E-state index contributed by atoms with van der Waals surface area (Å²) in [5.74, 6) is 4.25. The molecule has 1 aromatic rings. The summed E-state index contributed by atoms with van der Waals surface area (Å²) in [5, 5.41) is 3.62. The van der Waals surface area contributed by atoms with Gasteiger partial charge in [-0.3, -0.25) is 0 Å². The molecule has 1 atom stereocenters. The van der Waals surface area contributed by atoms with Gasteiger partial charge in [-0.15, -0.1) is 0 Å². The van der Waals surface area contributed by atoms with E-state index in [1.807, 2.05) is 17.8 Å². The summed E-state index contributed by atoms with van der Waals surface area (Å²) >= 11 is 2.03. The van der Waals surface area contributed by atoms with Gasteiger partial charge in [0.15, 0.2) is 11.5 Å². The molecule has 0 aliphatic carbocycles. The molecule has 0 spiro atoms. The van der Waals surface area contributed by atoms with E-state index in [0.717, 1.165) is 30.9 Å². The quantitative estimate of drug-likeness (QED) is 0.917. The molecule has 3 rings (SSSR count). The number of methoxy groups -OCH3 is 1. The highest BCUT2D eigenvalue weighted by molar-refractivity contribution is 7.99. The van der Waals surface area contributed by atoms with Gasteiger partial charge in [0.1, 0.15) is 6.10 Å². The summed E-state index contributed by atoms with van der Waals surface area (Å²) < 4.78 is 11.9. The van der Waals surface area contributed by atoms with Crippen LogP contribution in [0.4, 0.5) is 0 Å². The second kappa shape index (κ2) is 7.41. The minimum Gasteiger partial charge on any atom is -0.493 e. The van der Waals surface area contributed by atoms with E-state index in [2.05, 4.69) is 17.4 Å². The van der Waals surface area contributed by atoms with Crippen molar-refractivity contribution in [1.82, 2.24) is 5.32 Å². The van der Waals surface area contributed by atoms with E-state index in [1.165, 1.54) is 36.3 Å². The lowest BCUT2D eigenvalue weighted by molar-refractivity contribution is 0.180. The van der Waals surface area contributed by atoms with Crippen molar-refractivity contribution in [3.63, 3.8) is 0 Å². The summed E-state index contributed by atoms with van der Waals surface area (Å²) in [6.07, 6.45) is 6.36. The molecule has 0 aromatic heterocycles. The minimum atomic E-state index is 0.338. The van der Waals surface area contributed by atoms with E-state index in [9.17, 15) is 0 Å². The summed E-state index contributed by atoms with van der Waals surface area (Å²) in [7, 11) is 1.73. The molecule has 0 saturated carbocycles. The van der Waals surface area contributed by atoms with Crippen LogP contribution in [0.2, 0.25) is 0 Å². The Morgan fingerprint density at radius 1 is 1.14 bits per heavy atom. The molecule has 1 N–H and O–H groups in total. The van der Waals surface area contributed by atoms with Crippen molar-refractivity contribution in [2.45, 2.75) is 44.2 Å². The molecule has 2 heterocycles. The van der Waals surface area contributed by atoms with E-state index in [4.69, 9.17) is 9.47 Å². The molecule has 3 nitrogen and oxygen atoms in total. The zero-order valence-corrected chi connectivity index (χ0v) is 13.6. The Morgan fingerprint density at radius 3 is 2.71 bits per heavy atom. The molecular formula is C17H25NO2S. The fourth-order valence-electron chi connectivity index (χ4n) is 3.17. The number of ether oxygens (including phenoxy) is 2. The Labute approximate surface area is 131 Å². The Hall–Kier alpha value is -0.870. The molecule has 2 saturated heterocycles. The van der Waals surface area contributed by atoms with Crippen molar-refractivity contribution >= 4 is 11.8 Å². The Kier molecular flexibility index (Phi) is 5.31. The van der Waals surface area contributed by atoms with Crippen molar-refractivity contribution < 1.29 is 9.47 Å². The van der Waals surface area contributed by atoms with Crippen LogP contribution in [0.3, 0.4) is 0 Å². The number of hydrogen-bond donors (Lipinski definition) is 1. The highest BCUT2D eigenvalue weighted by Crippen LogP contribution is 2.39. The molecule has 0 bridgehead atoms. The van der Waals surface area contributed by atoms with Crippen LogP contribution >= 0.6 is 11.8 Å². The molecular weight excluding hydrogens is 282 g/mol. The second-order valence-electron chi connectivity index (χ2n) is 5.81. The number of para-hydroxylation sites is 1. The third-order valence-electron chi connectivity index (χ3n) is 4.37. The predicted octanol–water partition coefficient (Wildman–Crippen LogP) is 3.78. The van der Waals surface area contributed by atoms with Crippen LogP contribution in [0, 0.1) is 0 Å². The van der Waals surface area contributed by atoms with Crippen LogP contribution in [-0.4, -0.2) is 31.3 Å². The van der Waals surface area contributed by atoms with Gasteiger partial charge in [0.25, 0.3) is 0 Å². The van der Waals surface area contributed by atoms with Crippen LogP contribution < -0.4 is 14.8 Å². The number of piperidine rings is 1. The standard InChI is InChI=1S/C17H25NO2S/c1-19-16-7-4-5-14(15-6-2-3-10-18-15)17(16)20-13-8-11-21-12-9-13/h4-5,7,13,15,18H,2-3,6,8-12H2,1H3. The molecule has 2 aliphatic rings. The maximum absolute atomic E-state index is 6.38. The fourth-order valence-corrected chi connectivity index (χ4v) is 4.24. The van der Waals surface area contributed by atoms with Crippen LogP contribution in [0.1, 0.15) is 43.7 Å². The average molecular weight is 307 g/mol. The topological polar surface area (TPSA) is 30.5 Å². The summed E-state index contributed by atoms with van der Waals surface area (Å²) in [5.41, 5.74) is 1.27. The van der Waals surface area contributed by atoms with Crippen molar-refractivity contribution in [1.29, 1.82) is 0 Å². The van der Waals surface area contributed by atoms with Crippen molar-refractivity contribution in [3.8, 4) is 11.5 Å². The molecule has 4 heteroatoms. The maximum atomic E-state index is 6.38. The molecule has 21 heavy (non-hydrogen) atoms. The Bertz CT molecular complexity index is 454. The lowest BCUT2D eigenvalue weighted by Crippen LogP contribution is -2.28. The summed E-state index contributed by atoms with van der Waals surface area (Å²) in [4.78, 5) is 0. The van der Waals surface area contributed by atoms with Gasteiger partial charge in [0, 0.05) is 11.6 Å². The van der Waals surface area contributed by atoms with Gasteiger partial charge >= 0.3 is 0 Å². The van der Waals surface area contributed by atoms with Crippen LogP contribution in [0.5, 0.6) is 11.5 Å². The van der Waals surface area contributed by atoms with E-state index in [-0.39, 0.29) is 0 Å². The number of benzene rings is 1. The Balaban J connectivity index is 1.83. The zero-order valence-electron chi connectivity index (χ0n) is 12.8. The predicted molar refractivity (Wildman–Crippen MR) is 88.6 cm³/mol. The van der Waals surface area contributed by atoms with E-state index >= 15 is 0 Å². The van der Waals surface area contributed by atoms with Crippen LogP contribution in [-0.2, 0) is 0 Å². The van der Waals surface area contributed by atoms with Gasteiger partial charge in [0.2, 0.25) is 0 Å². The molecule has 1 aromatic carbocycles. The third kappa shape index (κ3) is 3.67. The van der Waals surface area contributed by atoms with Crippen molar-refractivity contribution in [2.24, 2.45) is 0 Å². The Morgan fingerprint density at radius 2 is 2.00 bits per heavy atom. The van der Waals surface area contributed by atoms with Gasteiger partial charge in [-0.2, -0.15) is 11.8 Å². The highest BCUT2D eigenvalue weighted by Gasteiger charge is 2.24. The van der Waals surface area contributed by atoms with Crippen LogP contribution in [0.15, 0.2) is 18.2 Å². The SMILES string of the molecule is COc1cccc(C2CCCCN2)c1OC1CCSCC1. The van der Waals surface area contributed by atoms with E-state index in [0.29, 0.717) is 12.1 Å².